The second-order valence-electron chi connectivity index (χ2n) is 3.83. The summed E-state index contributed by atoms with van der Waals surface area (Å²) in [6.07, 6.45) is 2.90. The second-order valence-corrected chi connectivity index (χ2v) is 4.95. The summed E-state index contributed by atoms with van der Waals surface area (Å²) in [5, 5.41) is 11.2. The molecule has 0 amide bonds. The first kappa shape index (κ1) is 11.9. The molecule has 17 heavy (non-hydrogen) atoms. The van der Waals surface area contributed by atoms with Gasteiger partial charge in [0.2, 0.25) is 0 Å². The van der Waals surface area contributed by atoms with E-state index in [4.69, 9.17) is 0 Å². The molecule has 0 unspecified atom stereocenters. The molecule has 0 aliphatic carbocycles. The minimum Gasteiger partial charge on any atom is -0.356 e. The zero-order chi connectivity index (χ0) is 12.3. The Labute approximate surface area is 104 Å². The predicted octanol–water partition coefficient (Wildman–Crippen LogP) is 2.01. The fraction of sp³-hybridized carbons (Fsp3) is 0.364. The van der Waals surface area contributed by atoms with E-state index in [1.165, 1.54) is 11.8 Å². The zero-order valence-electron chi connectivity index (χ0n) is 9.50. The van der Waals surface area contributed by atoms with Crippen molar-refractivity contribution in [2.24, 2.45) is 0 Å². The van der Waals surface area contributed by atoms with Crippen LogP contribution in [0.25, 0.3) is 0 Å². The lowest BCUT2D eigenvalue weighted by molar-refractivity contribution is -0.403. The third-order valence-electron chi connectivity index (χ3n) is 2.48. The van der Waals surface area contributed by atoms with E-state index in [2.05, 4.69) is 4.98 Å². The van der Waals surface area contributed by atoms with Crippen molar-refractivity contribution in [1.82, 2.24) is 9.88 Å². The molecule has 0 N–H and O–H groups in total. The molecule has 5 nitrogen and oxygen atoms in total. The van der Waals surface area contributed by atoms with Crippen molar-refractivity contribution >= 4 is 11.8 Å². The Bertz CT molecular complexity index is 445. The van der Waals surface area contributed by atoms with Crippen molar-refractivity contribution in [1.29, 1.82) is 0 Å². The molecule has 0 saturated carbocycles. The summed E-state index contributed by atoms with van der Waals surface area (Å²) in [7, 11) is 0. The summed E-state index contributed by atoms with van der Waals surface area (Å²) in [6.45, 7) is 3.46. The van der Waals surface area contributed by atoms with Gasteiger partial charge in [0.25, 0.3) is 6.20 Å². The van der Waals surface area contributed by atoms with E-state index in [0.717, 1.165) is 34.8 Å². The maximum atomic E-state index is 10.5. The minimum atomic E-state index is -0.395. The van der Waals surface area contributed by atoms with Crippen LogP contribution in [0.2, 0.25) is 0 Å². The van der Waals surface area contributed by atoms with Gasteiger partial charge in [-0.3, -0.25) is 15.1 Å². The number of hydrogen-bond donors (Lipinski definition) is 0. The molecule has 90 valence electrons. The molecule has 1 saturated heterocycles. The molecule has 1 aliphatic rings. The summed E-state index contributed by atoms with van der Waals surface area (Å²) in [6, 6.07) is 3.96. The number of thioether (sulfide) groups is 1. The maximum Gasteiger partial charge on any atom is 0.264 e. The maximum absolute atomic E-state index is 10.5. The number of hydrogen-bond acceptors (Lipinski definition) is 5. The number of rotatable bonds is 3. The first-order chi connectivity index (χ1) is 8.15. The number of aryl methyl sites for hydroxylation is 1. The van der Waals surface area contributed by atoms with Crippen LogP contribution in [0.5, 0.6) is 0 Å². The summed E-state index contributed by atoms with van der Waals surface area (Å²) >= 11 is 1.53. The van der Waals surface area contributed by atoms with Crippen molar-refractivity contribution in [3.8, 4) is 0 Å². The molecular weight excluding hydrogens is 238 g/mol. The van der Waals surface area contributed by atoms with Gasteiger partial charge in [0.05, 0.1) is 4.92 Å². The average molecular weight is 251 g/mol. The Balaban J connectivity index is 2.07. The lowest BCUT2D eigenvalue weighted by Gasteiger charge is -2.16. The van der Waals surface area contributed by atoms with Crippen LogP contribution >= 0.6 is 11.8 Å². The van der Waals surface area contributed by atoms with Crippen molar-refractivity contribution in [3.05, 3.63) is 50.9 Å². The number of pyridine rings is 1. The molecule has 0 atom stereocenters. The molecule has 2 rings (SSSR count). The highest BCUT2D eigenvalue weighted by molar-refractivity contribution is 8.03. The van der Waals surface area contributed by atoms with E-state index in [1.54, 1.807) is 0 Å². The topological polar surface area (TPSA) is 59.3 Å². The van der Waals surface area contributed by atoms with Gasteiger partial charge in [-0.15, -0.1) is 11.8 Å². The molecular formula is C11H13N3O2S. The number of aromatic nitrogens is 1. The number of nitro groups is 1. The molecule has 1 aliphatic heterocycles. The standard InChI is InChI=1S/C11H13N3O2S/c1-9-2-3-10(6-12-9)7-13-4-5-17-11(13)8-14(15)16/h2-3,6,8H,4-5,7H2,1H3/b11-8+. The fourth-order valence-electron chi connectivity index (χ4n) is 1.64. The largest absolute Gasteiger partial charge is 0.356 e. The van der Waals surface area contributed by atoms with Crippen molar-refractivity contribution < 1.29 is 4.92 Å². The van der Waals surface area contributed by atoms with Crippen LogP contribution < -0.4 is 0 Å². The van der Waals surface area contributed by atoms with E-state index >= 15 is 0 Å². The van der Waals surface area contributed by atoms with Gasteiger partial charge in [-0.1, -0.05) is 6.07 Å². The van der Waals surface area contributed by atoms with Crippen LogP contribution in [-0.4, -0.2) is 27.1 Å². The third kappa shape index (κ3) is 3.20. The lowest BCUT2D eigenvalue weighted by atomic mass is 10.2. The van der Waals surface area contributed by atoms with Crippen LogP contribution in [0.4, 0.5) is 0 Å². The first-order valence-corrected chi connectivity index (χ1v) is 6.28. The van der Waals surface area contributed by atoms with Gasteiger partial charge in [0.15, 0.2) is 0 Å². The van der Waals surface area contributed by atoms with Crippen molar-refractivity contribution in [2.45, 2.75) is 13.5 Å². The van der Waals surface area contributed by atoms with Gasteiger partial charge in [-0.2, -0.15) is 0 Å². The van der Waals surface area contributed by atoms with E-state index < -0.39 is 4.92 Å². The SMILES string of the molecule is Cc1ccc(CN2CCS/C2=C/[N+](=O)[O-])cn1. The quantitative estimate of drug-likeness (QED) is 0.607. The third-order valence-corrected chi connectivity index (χ3v) is 3.53. The zero-order valence-corrected chi connectivity index (χ0v) is 10.3. The highest BCUT2D eigenvalue weighted by Gasteiger charge is 2.20. The highest BCUT2D eigenvalue weighted by atomic mass is 32.2. The molecule has 0 aromatic carbocycles. The van der Waals surface area contributed by atoms with Gasteiger partial charge in [0, 0.05) is 30.7 Å². The first-order valence-electron chi connectivity index (χ1n) is 5.30. The number of nitrogens with zero attached hydrogens (tertiary/aromatic N) is 3. The van der Waals surface area contributed by atoms with E-state index in [0.29, 0.717) is 6.54 Å². The Morgan fingerprint density at radius 2 is 2.47 bits per heavy atom. The summed E-state index contributed by atoms with van der Waals surface area (Å²) in [5.74, 6) is 0.902. The Morgan fingerprint density at radius 3 is 3.12 bits per heavy atom. The minimum absolute atomic E-state index is 0.395. The van der Waals surface area contributed by atoms with Gasteiger partial charge in [0.1, 0.15) is 5.03 Å². The second kappa shape index (κ2) is 5.18. The Hall–Kier alpha value is -1.56. The molecule has 6 heteroatoms. The molecule has 0 spiro atoms. The molecule has 0 radical (unpaired) electrons. The van der Waals surface area contributed by atoms with Gasteiger partial charge in [-0.25, -0.2) is 0 Å². The summed E-state index contributed by atoms with van der Waals surface area (Å²) < 4.78 is 0. The molecule has 2 heterocycles. The molecule has 1 aromatic heterocycles. The van der Waals surface area contributed by atoms with Gasteiger partial charge < -0.3 is 4.90 Å². The van der Waals surface area contributed by atoms with Gasteiger partial charge >= 0.3 is 0 Å². The normalized spacial score (nSPS) is 17.7. The molecule has 0 bridgehead atoms. The average Bonchev–Trinajstić information content (AvgIpc) is 2.68. The van der Waals surface area contributed by atoms with Crippen molar-refractivity contribution in [2.75, 3.05) is 12.3 Å². The van der Waals surface area contributed by atoms with Crippen LogP contribution in [0.1, 0.15) is 11.3 Å². The van der Waals surface area contributed by atoms with Crippen LogP contribution in [0, 0.1) is 17.0 Å². The molecule has 1 aromatic rings. The Kier molecular flexibility index (Phi) is 3.63. The molecule has 1 fully saturated rings. The van der Waals surface area contributed by atoms with Gasteiger partial charge in [-0.05, 0) is 18.6 Å². The smallest absolute Gasteiger partial charge is 0.264 e. The summed E-state index contributed by atoms with van der Waals surface area (Å²) in [5.41, 5.74) is 2.05. The highest BCUT2D eigenvalue weighted by Crippen LogP contribution is 2.28. The Morgan fingerprint density at radius 1 is 1.65 bits per heavy atom. The van der Waals surface area contributed by atoms with Crippen LogP contribution in [-0.2, 0) is 6.54 Å². The fourth-order valence-corrected chi connectivity index (χ4v) is 2.66. The van der Waals surface area contributed by atoms with E-state index in [1.807, 2.05) is 30.2 Å². The van der Waals surface area contributed by atoms with Crippen LogP contribution in [0.15, 0.2) is 29.6 Å². The summed E-state index contributed by atoms with van der Waals surface area (Å²) in [4.78, 5) is 16.3. The van der Waals surface area contributed by atoms with Crippen molar-refractivity contribution in [3.63, 3.8) is 0 Å². The van der Waals surface area contributed by atoms with E-state index in [9.17, 15) is 10.1 Å². The monoisotopic (exact) mass is 251 g/mol. The van der Waals surface area contributed by atoms with Crippen LogP contribution in [0.3, 0.4) is 0 Å². The lowest BCUT2D eigenvalue weighted by Crippen LogP contribution is -2.18. The predicted molar refractivity (Wildman–Crippen MR) is 66.9 cm³/mol. The van der Waals surface area contributed by atoms with E-state index in [-0.39, 0.29) is 0 Å².